The number of nitro benzene ring substituents is 1. The Bertz CT molecular complexity index is 1020. The monoisotopic (exact) mass is 432 g/mol. The van der Waals surface area contributed by atoms with Gasteiger partial charge < -0.3 is 15.1 Å². The molecule has 1 aliphatic rings. The number of nitrogens with zero attached hydrogens (tertiary/aromatic N) is 2. The zero-order chi connectivity index (χ0) is 22.5. The van der Waals surface area contributed by atoms with Crippen LogP contribution >= 0.6 is 0 Å². The van der Waals surface area contributed by atoms with E-state index in [1.165, 1.54) is 22.8 Å². The average molecular weight is 432 g/mol. The standard InChI is InChI=1S/C21H28N4O6/c1-13(2)22-20(27)14-5-3-6-15(11-14)23-19(26)7-4-10-24-17-9-8-16(25(29)30)12-18(17)31-21(24)28/h8-9,12-15H,3-7,10-11H2,1-2H3,(H,22,27)(H,23,26). The molecule has 1 aromatic heterocycles. The van der Waals surface area contributed by atoms with E-state index in [9.17, 15) is 24.5 Å². The van der Waals surface area contributed by atoms with Crippen LogP contribution in [-0.4, -0.2) is 33.4 Å². The van der Waals surface area contributed by atoms with E-state index in [0.717, 1.165) is 19.3 Å². The Balaban J connectivity index is 1.51. The SMILES string of the molecule is CC(C)NC(=O)C1CCCC(NC(=O)CCCn2c(=O)oc3cc([N+](=O)[O-])ccc32)C1. The molecular weight excluding hydrogens is 404 g/mol. The zero-order valence-corrected chi connectivity index (χ0v) is 17.8. The molecule has 1 aliphatic carbocycles. The van der Waals surface area contributed by atoms with Crippen molar-refractivity contribution in [2.45, 2.75) is 71.0 Å². The Labute approximate surface area is 179 Å². The third kappa shape index (κ3) is 5.71. The van der Waals surface area contributed by atoms with Crippen molar-refractivity contribution in [1.29, 1.82) is 0 Å². The second kappa shape index (κ2) is 9.76. The van der Waals surface area contributed by atoms with Crippen molar-refractivity contribution >= 4 is 28.6 Å². The molecule has 0 saturated heterocycles. The van der Waals surface area contributed by atoms with Gasteiger partial charge in [-0.1, -0.05) is 6.42 Å². The number of hydrogen-bond donors (Lipinski definition) is 2. The highest BCUT2D eigenvalue weighted by molar-refractivity contribution is 5.80. The highest BCUT2D eigenvalue weighted by Gasteiger charge is 2.28. The van der Waals surface area contributed by atoms with Crippen LogP contribution < -0.4 is 16.4 Å². The van der Waals surface area contributed by atoms with Crippen molar-refractivity contribution in [1.82, 2.24) is 15.2 Å². The number of hydrogen-bond acceptors (Lipinski definition) is 6. The molecule has 10 nitrogen and oxygen atoms in total. The van der Waals surface area contributed by atoms with E-state index in [1.807, 2.05) is 13.8 Å². The van der Waals surface area contributed by atoms with Crippen LogP contribution in [0.5, 0.6) is 0 Å². The summed E-state index contributed by atoms with van der Waals surface area (Å²) in [5, 5.41) is 16.8. The van der Waals surface area contributed by atoms with Gasteiger partial charge in [-0.05, 0) is 45.6 Å². The molecule has 1 fully saturated rings. The molecule has 1 heterocycles. The number of carbonyl (C=O) groups is 2. The van der Waals surface area contributed by atoms with Crippen molar-refractivity contribution in [2.75, 3.05) is 0 Å². The predicted molar refractivity (Wildman–Crippen MR) is 114 cm³/mol. The molecule has 0 spiro atoms. The molecule has 1 aromatic carbocycles. The topological polar surface area (TPSA) is 136 Å². The number of aromatic nitrogens is 1. The molecule has 1 saturated carbocycles. The molecule has 2 N–H and O–H groups in total. The number of nitrogens with one attached hydrogen (secondary N) is 2. The molecule has 2 atom stereocenters. The number of non-ortho nitro benzene ring substituents is 1. The number of aryl methyl sites for hydroxylation is 1. The fourth-order valence-electron chi connectivity index (χ4n) is 4.04. The van der Waals surface area contributed by atoms with Crippen molar-refractivity contribution in [3.8, 4) is 0 Å². The van der Waals surface area contributed by atoms with Gasteiger partial charge in [0.2, 0.25) is 11.8 Å². The molecule has 2 unspecified atom stereocenters. The summed E-state index contributed by atoms with van der Waals surface area (Å²) in [7, 11) is 0. The van der Waals surface area contributed by atoms with Crippen LogP contribution in [-0.2, 0) is 16.1 Å². The largest absolute Gasteiger partial charge is 0.419 e. The van der Waals surface area contributed by atoms with Gasteiger partial charge in [-0.3, -0.25) is 24.3 Å². The van der Waals surface area contributed by atoms with E-state index in [2.05, 4.69) is 10.6 Å². The van der Waals surface area contributed by atoms with Gasteiger partial charge in [0.05, 0.1) is 16.5 Å². The molecule has 31 heavy (non-hydrogen) atoms. The maximum Gasteiger partial charge on any atom is 0.419 e. The van der Waals surface area contributed by atoms with Crippen LogP contribution in [0.25, 0.3) is 11.1 Å². The first-order valence-electron chi connectivity index (χ1n) is 10.6. The fraction of sp³-hybridized carbons (Fsp3) is 0.571. The first-order valence-corrected chi connectivity index (χ1v) is 10.6. The van der Waals surface area contributed by atoms with E-state index in [0.29, 0.717) is 18.4 Å². The lowest BCUT2D eigenvalue weighted by Crippen LogP contribution is -2.43. The summed E-state index contributed by atoms with van der Waals surface area (Å²) < 4.78 is 6.47. The summed E-state index contributed by atoms with van der Waals surface area (Å²) >= 11 is 0. The fourth-order valence-corrected chi connectivity index (χ4v) is 4.04. The van der Waals surface area contributed by atoms with E-state index in [4.69, 9.17) is 4.42 Å². The van der Waals surface area contributed by atoms with Gasteiger partial charge in [-0.15, -0.1) is 0 Å². The first-order chi connectivity index (χ1) is 14.7. The van der Waals surface area contributed by atoms with Gasteiger partial charge in [0.15, 0.2) is 5.58 Å². The lowest BCUT2D eigenvalue weighted by molar-refractivity contribution is -0.384. The number of carbonyl (C=O) groups excluding carboxylic acids is 2. The van der Waals surface area contributed by atoms with Gasteiger partial charge >= 0.3 is 5.76 Å². The van der Waals surface area contributed by atoms with Crippen molar-refractivity contribution < 1.29 is 18.9 Å². The number of fused-ring (bicyclic) bond motifs is 1. The van der Waals surface area contributed by atoms with E-state index in [-0.39, 0.29) is 54.1 Å². The quantitative estimate of drug-likeness (QED) is 0.486. The number of rotatable bonds is 8. The lowest BCUT2D eigenvalue weighted by atomic mass is 9.85. The summed E-state index contributed by atoms with van der Waals surface area (Å²) in [6, 6.07) is 4.07. The molecule has 0 radical (unpaired) electrons. The zero-order valence-electron chi connectivity index (χ0n) is 17.8. The molecule has 168 valence electrons. The number of benzene rings is 1. The summed E-state index contributed by atoms with van der Waals surface area (Å²) in [5.74, 6) is -0.768. The van der Waals surface area contributed by atoms with E-state index in [1.54, 1.807) is 0 Å². The second-order valence-corrected chi connectivity index (χ2v) is 8.32. The van der Waals surface area contributed by atoms with E-state index < -0.39 is 10.7 Å². The van der Waals surface area contributed by atoms with Crippen LogP contribution in [0.1, 0.15) is 52.4 Å². The molecule has 0 aliphatic heterocycles. The second-order valence-electron chi connectivity index (χ2n) is 8.32. The maximum atomic E-state index is 12.4. The number of amides is 2. The minimum atomic E-state index is -0.609. The molecular formula is C21H28N4O6. The first kappa shape index (κ1) is 22.5. The Morgan fingerprint density at radius 1 is 1.32 bits per heavy atom. The third-order valence-corrected chi connectivity index (χ3v) is 5.49. The Morgan fingerprint density at radius 2 is 2.10 bits per heavy atom. The molecule has 0 bridgehead atoms. The van der Waals surface area contributed by atoms with Crippen LogP contribution in [0, 0.1) is 16.0 Å². The average Bonchev–Trinajstić information content (AvgIpc) is 3.02. The Morgan fingerprint density at radius 3 is 2.81 bits per heavy atom. The minimum absolute atomic E-state index is 0.0258. The summed E-state index contributed by atoms with van der Waals surface area (Å²) in [6.07, 6.45) is 3.85. The molecule has 2 aromatic rings. The smallest absolute Gasteiger partial charge is 0.407 e. The van der Waals surface area contributed by atoms with Crippen molar-refractivity contribution in [3.63, 3.8) is 0 Å². The Kier molecular flexibility index (Phi) is 7.09. The van der Waals surface area contributed by atoms with Gasteiger partial charge in [0.25, 0.3) is 5.69 Å². The maximum absolute atomic E-state index is 12.4. The van der Waals surface area contributed by atoms with Crippen molar-refractivity contribution in [3.05, 3.63) is 38.9 Å². The van der Waals surface area contributed by atoms with Gasteiger partial charge in [-0.2, -0.15) is 0 Å². The normalized spacial score (nSPS) is 18.8. The highest BCUT2D eigenvalue weighted by Crippen LogP contribution is 2.25. The summed E-state index contributed by atoms with van der Waals surface area (Å²) in [5.41, 5.74) is 0.458. The summed E-state index contributed by atoms with van der Waals surface area (Å²) in [6.45, 7) is 4.12. The van der Waals surface area contributed by atoms with Crippen LogP contribution in [0.3, 0.4) is 0 Å². The number of oxazole rings is 1. The van der Waals surface area contributed by atoms with Gasteiger partial charge in [0.1, 0.15) is 0 Å². The third-order valence-electron chi connectivity index (χ3n) is 5.49. The van der Waals surface area contributed by atoms with Crippen LogP contribution in [0.4, 0.5) is 5.69 Å². The predicted octanol–water partition coefficient (Wildman–Crippen LogP) is 2.48. The minimum Gasteiger partial charge on any atom is -0.407 e. The van der Waals surface area contributed by atoms with Crippen molar-refractivity contribution in [2.24, 2.45) is 5.92 Å². The number of nitro groups is 1. The molecule has 2 amide bonds. The summed E-state index contributed by atoms with van der Waals surface area (Å²) in [4.78, 5) is 47.0. The highest BCUT2D eigenvalue weighted by atomic mass is 16.6. The Hall–Kier alpha value is -3.17. The van der Waals surface area contributed by atoms with Crippen LogP contribution in [0.2, 0.25) is 0 Å². The van der Waals surface area contributed by atoms with Gasteiger partial charge in [-0.25, -0.2) is 4.79 Å². The van der Waals surface area contributed by atoms with Crippen LogP contribution in [0.15, 0.2) is 27.4 Å². The lowest BCUT2D eigenvalue weighted by Gasteiger charge is -2.29. The molecule has 10 heteroatoms. The molecule has 3 rings (SSSR count). The van der Waals surface area contributed by atoms with E-state index >= 15 is 0 Å². The van der Waals surface area contributed by atoms with Gasteiger partial charge in [0, 0.05) is 37.0 Å².